The molecule has 34 heavy (non-hydrogen) atoms. The Balaban J connectivity index is 1.58. The van der Waals surface area contributed by atoms with Gasteiger partial charge in [-0.05, 0) is 85.0 Å². The Kier molecular flexibility index (Phi) is 7.46. The molecule has 1 N–H and O–H groups in total. The first-order valence-electron chi connectivity index (χ1n) is 10.5. The van der Waals surface area contributed by atoms with Crippen LogP contribution in [0, 0.1) is 18.3 Å². The molecule has 0 aliphatic rings. The standard InChI is InChI=1S/C28H20Br2N2O2/c1-18-13-24(29)27(25(30)14-18)32-28(33)22(16-31)15-20-8-3-5-12-26(20)34-17-21-10-6-9-19-7-2-4-11-23(19)21/h2-15H,17H2,1H3,(H,32,33)/b22-15+. The van der Waals surface area contributed by atoms with Crippen molar-refractivity contribution in [2.24, 2.45) is 0 Å². The largest absolute Gasteiger partial charge is 0.488 e. The zero-order valence-electron chi connectivity index (χ0n) is 18.3. The third-order valence-corrected chi connectivity index (χ3v) is 6.52. The van der Waals surface area contributed by atoms with Crippen LogP contribution >= 0.6 is 31.9 Å². The second kappa shape index (κ2) is 10.7. The summed E-state index contributed by atoms with van der Waals surface area (Å²) < 4.78 is 7.58. The lowest BCUT2D eigenvalue weighted by atomic mass is 10.1. The number of carbonyl (C=O) groups is 1. The molecule has 0 unspecified atom stereocenters. The molecule has 4 aromatic carbocycles. The minimum Gasteiger partial charge on any atom is -0.488 e. The number of hydrogen-bond acceptors (Lipinski definition) is 3. The SMILES string of the molecule is Cc1cc(Br)c(NC(=O)/C(C#N)=C/c2ccccc2OCc2cccc3ccccc23)c(Br)c1. The Morgan fingerprint density at radius 3 is 2.44 bits per heavy atom. The monoisotopic (exact) mass is 574 g/mol. The molecule has 4 rings (SSSR count). The second-order valence-corrected chi connectivity index (χ2v) is 9.40. The molecule has 0 saturated carbocycles. The van der Waals surface area contributed by atoms with Gasteiger partial charge in [-0.2, -0.15) is 5.26 Å². The van der Waals surface area contributed by atoms with Crippen molar-refractivity contribution in [3.8, 4) is 11.8 Å². The van der Waals surface area contributed by atoms with Gasteiger partial charge in [0.2, 0.25) is 0 Å². The molecule has 6 heteroatoms. The molecule has 0 bridgehead atoms. The fourth-order valence-corrected chi connectivity index (χ4v) is 5.22. The molecule has 0 aliphatic carbocycles. The fraction of sp³-hybridized carbons (Fsp3) is 0.0714. The third-order valence-electron chi connectivity index (χ3n) is 5.27. The molecule has 0 heterocycles. The summed E-state index contributed by atoms with van der Waals surface area (Å²) in [6, 6.07) is 27.4. The first-order chi connectivity index (χ1) is 16.5. The van der Waals surface area contributed by atoms with Crippen LogP contribution in [0.4, 0.5) is 5.69 Å². The van der Waals surface area contributed by atoms with Gasteiger partial charge in [-0.3, -0.25) is 4.79 Å². The van der Waals surface area contributed by atoms with E-state index in [2.05, 4.69) is 55.4 Å². The smallest absolute Gasteiger partial charge is 0.266 e. The summed E-state index contributed by atoms with van der Waals surface area (Å²) in [5.41, 5.74) is 3.28. The maximum absolute atomic E-state index is 12.9. The van der Waals surface area contributed by atoms with Gasteiger partial charge in [0, 0.05) is 14.5 Å². The summed E-state index contributed by atoms with van der Waals surface area (Å²) in [5, 5.41) is 14.8. The highest BCUT2D eigenvalue weighted by Gasteiger charge is 2.15. The molecule has 168 valence electrons. The Hall–Kier alpha value is -3.40. The van der Waals surface area contributed by atoms with E-state index in [0.29, 0.717) is 23.6 Å². The van der Waals surface area contributed by atoms with Gasteiger partial charge in [0.25, 0.3) is 5.91 Å². The van der Waals surface area contributed by atoms with E-state index in [0.717, 1.165) is 30.8 Å². The maximum atomic E-state index is 12.9. The van der Waals surface area contributed by atoms with Crippen molar-refractivity contribution >= 4 is 60.3 Å². The van der Waals surface area contributed by atoms with Crippen molar-refractivity contribution in [3.63, 3.8) is 0 Å². The van der Waals surface area contributed by atoms with Crippen LogP contribution in [0.2, 0.25) is 0 Å². The van der Waals surface area contributed by atoms with E-state index in [4.69, 9.17) is 4.74 Å². The van der Waals surface area contributed by atoms with Crippen LogP contribution in [0.1, 0.15) is 16.7 Å². The van der Waals surface area contributed by atoms with Gasteiger partial charge >= 0.3 is 0 Å². The summed E-state index contributed by atoms with van der Waals surface area (Å²) in [4.78, 5) is 12.9. The first-order valence-corrected chi connectivity index (χ1v) is 12.1. The molecule has 4 aromatic rings. The van der Waals surface area contributed by atoms with Gasteiger partial charge in [0.05, 0.1) is 5.69 Å². The number of para-hydroxylation sites is 1. The molecule has 0 radical (unpaired) electrons. The van der Waals surface area contributed by atoms with Crippen molar-refractivity contribution in [1.29, 1.82) is 5.26 Å². The van der Waals surface area contributed by atoms with Crippen LogP contribution < -0.4 is 10.1 Å². The summed E-state index contributed by atoms with van der Waals surface area (Å²) in [7, 11) is 0. The minimum absolute atomic E-state index is 0.0272. The lowest BCUT2D eigenvalue weighted by Gasteiger charge is -2.12. The summed E-state index contributed by atoms with van der Waals surface area (Å²) in [5.74, 6) is 0.0882. The predicted molar refractivity (Wildman–Crippen MR) is 144 cm³/mol. The van der Waals surface area contributed by atoms with Crippen molar-refractivity contribution in [2.75, 3.05) is 5.32 Å². The molecule has 4 nitrogen and oxygen atoms in total. The van der Waals surface area contributed by atoms with E-state index in [1.165, 1.54) is 0 Å². The first kappa shape index (κ1) is 23.7. The number of carbonyl (C=O) groups excluding carboxylic acids is 1. The normalized spacial score (nSPS) is 11.2. The minimum atomic E-state index is -0.503. The van der Waals surface area contributed by atoms with Crippen LogP contribution in [-0.4, -0.2) is 5.91 Å². The molecule has 0 aromatic heterocycles. The topological polar surface area (TPSA) is 62.1 Å². The Morgan fingerprint density at radius 2 is 1.68 bits per heavy atom. The van der Waals surface area contributed by atoms with Crippen LogP contribution in [0.3, 0.4) is 0 Å². The molecular weight excluding hydrogens is 556 g/mol. The number of halogens is 2. The Labute approximate surface area is 215 Å². The molecule has 0 aliphatic heterocycles. The van der Waals surface area contributed by atoms with Crippen molar-refractivity contribution in [2.45, 2.75) is 13.5 Å². The lowest BCUT2D eigenvalue weighted by molar-refractivity contribution is -0.112. The quantitative estimate of drug-likeness (QED) is 0.188. The van der Waals surface area contributed by atoms with Gasteiger partial charge in [0.15, 0.2) is 0 Å². The van der Waals surface area contributed by atoms with Crippen LogP contribution in [-0.2, 0) is 11.4 Å². The van der Waals surface area contributed by atoms with Crippen LogP contribution in [0.15, 0.2) is 93.4 Å². The average Bonchev–Trinajstić information content (AvgIpc) is 2.83. The number of ether oxygens (including phenoxy) is 1. The zero-order valence-corrected chi connectivity index (χ0v) is 21.5. The van der Waals surface area contributed by atoms with E-state index in [1.807, 2.05) is 73.7 Å². The predicted octanol–water partition coefficient (Wildman–Crippen LogP) is 7.80. The van der Waals surface area contributed by atoms with Gasteiger partial charge in [-0.15, -0.1) is 0 Å². The van der Waals surface area contributed by atoms with Crippen LogP contribution in [0.25, 0.3) is 16.8 Å². The van der Waals surface area contributed by atoms with Gasteiger partial charge in [-0.1, -0.05) is 60.7 Å². The summed E-state index contributed by atoms with van der Waals surface area (Å²) >= 11 is 6.94. The highest BCUT2D eigenvalue weighted by atomic mass is 79.9. The van der Waals surface area contributed by atoms with Gasteiger partial charge in [0.1, 0.15) is 24.0 Å². The van der Waals surface area contributed by atoms with Gasteiger partial charge in [-0.25, -0.2) is 0 Å². The summed E-state index contributed by atoms with van der Waals surface area (Å²) in [6.45, 7) is 2.32. The molecule has 0 spiro atoms. The number of aryl methyl sites for hydroxylation is 1. The van der Waals surface area contributed by atoms with E-state index in [-0.39, 0.29) is 5.57 Å². The van der Waals surface area contributed by atoms with E-state index < -0.39 is 5.91 Å². The molecule has 0 saturated heterocycles. The fourth-order valence-electron chi connectivity index (χ4n) is 3.61. The number of nitrogens with zero attached hydrogens (tertiary/aromatic N) is 1. The van der Waals surface area contributed by atoms with Crippen molar-refractivity contribution < 1.29 is 9.53 Å². The number of benzene rings is 4. The number of nitriles is 1. The number of hydrogen-bond donors (Lipinski definition) is 1. The van der Waals surface area contributed by atoms with E-state index in [9.17, 15) is 10.1 Å². The van der Waals surface area contributed by atoms with Gasteiger partial charge < -0.3 is 10.1 Å². The van der Waals surface area contributed by atoms with Crippen molar-refractivity contribution in [1.82, 2.24) is 0 Å². The average molecular weight is 576 g/mol. The molecule has 1 amide bonds. The number of amides is 1. The molecule has 0 atom stereocenters. The highest BCUT2D eigenvalue weighted by molar-refractivity contribution is 9.11. The summed E-state index contributed by atoms with van der Waals surface area (Å²) in [6.07, 6.45) is 1.55. The van der Waals surface area contributed by atoms with E-state index >= 15 is 0 Å². The highest BCUT2D eigenvalue weighted by Crippen LogP contribution is 2.33. The number of fused-ring (bicyclic) bond motifs is 1. The molecular formula is C28H20Br2N2O2. The lowest BCUT2D eigenvalue weighted by Crippen LogP contribution is -2.14. The Bertz CT molecular complexity index is 1430. The third kappa shape index (κ3) is 5.39. The number of rotatable bonds is 6. The number of anilines is 1. The van der Waals surface area contributed by atoms with Crippen molar-refractivity contribution in [3.05, 3.63) is 110 Å². The maximum Gasteiger partial charge on any atom is 0.266 e. The Morgan fingerprint density at radius 1 is 1.00 bits per heavy atom. The van der Waals surface area contributed by atoms with Crippen LogP contribution in [0.5, 0.6) is 5.75 Å². The molecule has 0 fully saturated rings. The second-order valence-electron chi connectivity index (χ2n) is 7.69. The zero-order chi connectivity index (χ0) is 24.1. The van der Waals surface area contributed by atoms with E-state index in [1.54, 1.807) is 6.08 Å². The number of nitrogens with one attached hydrogen (secondary N) is 1.